The number of aromatic nitrogens is 1. The Hall–Kier alpha value is -2.95. The molecule has 0 amide bonds. The second kappa shape index (κ2) is 8.60. The number of aliphatic imine (C=N–C) groups is 1. The van der Waals surface area contributed by atoms with Gasteiger partial charge in [0, 0.05) is 42.1 Å². The third kappa shape index (κ3) is 6.86. The maximum Gasteiger partial charge on any atom is 0.406 e. The van der Waals surface area contributed by atoms with Gasteiger partial charge in [0.1, 0.15) is 12.4 Å². The van der Waals surface area contributed by atoms with Gasteiger partial charge in [-0.1, -0.05) is 12.1 Å². The summed E-state index contributed by atoms with van der Waals surface area (Å²) in [5, 5.41) is 0. The van der Waals surface area contributed by atoms with Gasteiger partial charge in [-0.15, -0.1) is 0 Å². The van der Waals surface area contributed by atoms with Crippen molar-refractivity contribution in [1.82, 2.24) is 4.57 Å². The fourth-order valence-electron chi connectivity index (χ4n) is 2.44. The normalized spacial score (nSPS) is 13.2. The SMILES string of the molecule is CS(=O)(=O)Cc1ccc(C(C=Nc2ccc(=O)n(CC(F)(F)F)c2)=CN)c(F)c1. The third-order valence-corrected chi connectivity index (χ3v) is 4.48. The maximum absolute atomic E-state index is 14.4. The quantitative estimate of drug-likeness (QED) is 0.562. The molecule has 0 aliphatic heterocycles. The number of nitrogens with two attached hydrogens (primary N) is 1. The Kier molecular flexibility index (Phi) is 6.62. The van der Waals surface area contributed by atoms with Crippen molar-refractivity contribution >= 4 is 27.3 Å². The van der Waals surface area contributed by atoms with E-state index in [0.717, 1.165) is 37.0 Å². The van der Waals surface area contributed by atoms with Gasteiger partial charge in [-0.2, -0.15) is 13.2 Å². The number of sulfone groups is 1. The summed E-state index contributed by atoms with van der Waals surface area (Å²) in [5.41, 5.74) is 5.07. The summed E-state index contributed by atoms with van der Waals surface area (Å²) in [4.78, 5) is 15.5. The Balaban J connectivity index is 2.30. The molecular weight excluding hydrogens is 414 g/mol. The largest absolute Gasteiger partial charge is 0.406 e. The van der Waals surface area contributed by atoms with Crippen LogP contribution in [0.5, 0.6) is 0 Å². The Morgan fingerprint density at radius 3 is 2.48 bits per heavy atom. The Morgan fingerprint density at radius 1 is 1.24 bits per heavy atom. The molecule has 1 aromatic heterocycles. The average Bonchev–Trinajstić information content (AvgIpc) is 2.57. The molecule has 0 bridgehead atoms. The van der Waals surface area contributed by atoms with Crippen LogP contribution in [0.25, 0.3) is 5.57 Å². The van der Waals surface area contributed by atoms with E-state index < -0.39 is 33.9 Å². The minimum atomic E-state index is -4.58. The number of allylic oxidation sites excluding steroid dienone is 1. The van der Waals surface area contributed by atoms with Gasteiger partial charge in [-0.25, -0.2) is 12.8 Å². The van der Waals surface area contributed by atoms with Crippen molar-refractivity contribution in [1.29, 1.82) is 0 Å². The summed E-state index contributed by atoms with van der Waals surface area (Å²) in [5.74, 6) is -1.07. The third-order valence-electron chi connectivity index (χ3n) is 3.62. The van der Waals surface area contributed by atoms with E-state index in [1.807, 2.05) is 0 Å². The number of rotatable bonds is 6. The Morgan fingerprint density at radius 2 is 1.93 bits per heavy atom. The number of halogens is 4. The van der Waals surface area contributed by atoms with Crippen LogP contribution in [0.15, 0.2) is 52.5 Å². The molecule has 29 heavy (non-hydrogen) atoms. The highest BCUT2D eigenvalue weighted by molar-refractivity contribution is 7.89. The molecule has 1 heterocycles. The zero-order chi connectivity index (χ0) is 21.8. The first-order valence-electron chi connectivity index (χ1n) is 8.08. The zero-order valence-electron chi connectivity index (χ0n) is 15.1. The molecule has 2 rings (SSSR count). The van der Waals surface area contributed by atoms with Crippen LogP contribution >= 0.6 is 0 Å². The van der Waals surface area contributed by atoms with Gasteiger partial charge in [0.05, 0.1) is 11.4 Å². The van der Waals surface area contributed by atoms with Crippen LogP contribution in [-0.4, -0.2) is 31.6 Å². The van der Waals surface area contributed by atoms with Gasteiger partial charge in [0.25, 0.3) is 5.56 Å². The highest BCUT2D eigenvalue weighted by Crippen LogP contribution is 2.21. The van der Waals surface area contributed by atoms with Gasteiger partial charge in [-0.3, -0.25) is 9.79 Å². The van der Waals surface area contributed by atoms with Crippen molar-refractivity contribution in [2.24, 2.45) is 10.7 Å². The molecule has 0 aliphatic carbocycles. The van der Waals surface area contributed by atoms with E-state index in [1.54, 1.807) is 0 Å². The molecule has 11 heteroatoms. The summed E-state index contributed by atoms with van der Waals surface area (Å²) < 4.78 is 75.0. The lowest BCUT2D eigenvalue weighted by Crippen LogP contribution is -2.26. The van der Waals surface area contributed by atoms with E-state index in [1.165, 1.54) is 18.2 Å². The van der Waals surface area contributed by atoms with Crippen molar-refractivity contribution in [3.63, 3.8) is 0 Å². The molecule has 0 saturated heterocycles. The number of hydrogen-bond donors (Lipinski definition) is 1. The first-order valence-corrected chi connectivity index (χ1v) is 10.1. The first-order chi connectivity index (χ1) is 13.4. The van der Waals surface area contributed by atoms with Crippen LogP contribution in [0.1, 0.15) is 11.1 Å². The predicted molar refractivity (Wildman–Crippen MR) is 102 cm³/mol. The molecule has 0 radical (unpaired) electrons. The molecule has 1 aromatic carbocycles. The molecule has 0 fully saturated rings. The average molecular weight is 431 g/mol. The van der Waals surface area contributed by atoms with E-state index in [4.69, 9.17) is 5.73 Å². The van der Waals surface area contributed by atoms with Crippen LogP contribution < -0.4 is 11.3 Å². The molecule has 156 valence electrons. The van der Waals surface area contributed by atoms with Crippen LogP contribution in [-0.2, 0) is 22.1 Å². The van der Waals surface area contributed by atoms with Crippen molar-refractivity contribution in [2.45, 2.75) is 18.5 Å². The molecule has 0 saturated carbocycles. The molecule has 6 nitrogen and oxygen atoms in total. The minimum absolute atomic E-state index is 0.0251. The highest BCUT2D eigenvalue weighted by atomic mass is 32.2. The smallest absolute Gasteiger partial charge is 0.404 e. The molecule has 0 aliphatic rings. The summed E-state index contributed by atoms with van der Waals surface area (Å²) in [6.45, 7) is -1.47. The van der Waals surface area contributed by atoms with Gasteiger partial charge in [-0.05, 0) is 17.7 Å². The number of benzene rings is 1. The Labute approximate surface area is 163 Å². The summed E-state index contributed by atoms with van der Waals surface area (Å²) in [6, 6.07) is 5.94. The molecule has 2 N–H and O–H groups in total. The van der Waals surface area contributed by atoms with Crippen molar-refractivity contribution < 1.29 is 26.0 Å². The van der Waals surface area contributed by atoms with Crippen molar-refractivity contribution in [3.8, 4) is 0 Å². The Bertz CT molecular complexity index is 1120. The maximum atomic E-state index is 14.4. The van der Waals surface area contributed by atoms with E-state index in [0.29, 0.717) is 4.57 Å². The fraction of sp³-hybridized carbons (Fsp3) is 0.222. The first kappa shape index (κ1) is 22.3. The lowest BCUT2D eigenvalue weighted by Gasteiger charge is -2.09. The topological polar surface area (TPSA) is 94.5 Å². The van der Waals surface area contributed by atoms with Crippen molar-refractivity contribution in [2.75, 3.05) is 6.26 Å². The lowest BCUT2D eigenvalue weighted by atomic mass is 10.1. The van der Waals surface area contributed by atoms with Gasteiger partial charge in [0.2, 0.25) is 0 Å². The van der Waals surface area contributed by atoms with Gasteiger partial charge in [0.15, 0.2) is 9.84 Å². The number of nitrogens with zero attached hydrogens (tertiary/aromatic N) is 2. The van der Waals surface area contributed by atoms with E-state index in [9.17, 15) is 30.8 Å². The second-order valence-corrected chi connectivity index (χ2v) is 8.37. The fourth-order valence-corrected chi connectivity index (χ4v) is 3.23. The molecule has 0 unspecified atom stereocenters. The lowest BCUT2D eigenvalue weighted by molar-refractivity contribution is -0.141. The van der Waals surface area contributed by atoms with E-state index >= 15 is 0 Å². The van der Waals surface area contributed by atoms with Gasteiger partial charge >= 0.3 is 6.18 Å². The monoisotopic (exact) mass is 431 g/mol. The molecule has 0 spiro atoms. The predicted octanol–water partition coefficient (Wildman–Crippen LogP) is 2.80. The zero-order valence-corrected chi connectivity index (χ0v) is 16.0. The number of pyridine rings is 1. The van der Waals surface area contributed by atoms with E-state index in [-0.39, 0.29) is 28.1 Å². The minimum Gasteiger partial charge on any atom is -0.404 e. The van der Waals surface area contributed by atoms with Crippen molar-refractivity contribution in [3.05, 3.63) is 70.0 Å². The highest BCUT2D eigenvalue weighted by Gasteiger charge is 2.28. The summed E-state index contributed by atoms with van der Waals surface area (Å²) >= 11 is 0. The second-order valence-electron chi connectivity index (χ2n) is 6.23. The summed E-state index contributed by atoms with van der Waals surface area (Å²) in [6.07, 6.45) is -0.456. The molecule has 0 atom stereocenters. The van der Waals surface area contributed by atoms with Crippen LogP contribution in [0.4, 0.5) is 23.2 Å². The molecular formula is C18H17F4N3O3S. The van der Waals surface area contributed by atoms with Crippen LogP contribution in [0, 0.1) is 5.82 Å². The number of alkyl halides is 3. The van der Waals surface area contributed by atoms with Crippen LogP contribution in [0.2, 0.25) is 0 Å². The summed E-state index contributed by atoms with van der Waals surface area (Å²) in [7, 11) is -3.34. The molecule has 2 aromatic rings. The number of hydrogen-bond acceptors (Lipinski definition) is 5. The van der Waals surface area contributed by atoms with E-state index in [2.05, 4.69) is 4.99 Å². The van der Waals surface area contributed by atoms with Gasteiger partial charge < -0.3 is 10.3 Å². The van der Waals surface area contributed by atoms with Crippen LogP contribution in [0.3, 0.4) is 0 Å². The standard InChI is InChI=1S/C18H17F4N3O3S/c1-29(27,28)10-12-2-4-15(16(19)6-12)13(7-23)8-24-14-3-5-17(26)25(9-14)11-18(20,21)22/h2-9H,10-11,23H2,1H3.